The van der Waals surface area contributed by atoms with Crippen molar-refractivity contribution in [2.75, 3.05) is 0 Å². The summed E-state index contributed by atoms with van der Waals surface area (Å²) >= 11 is 0. The fraction of sp³-hybridized carbons (Fsp3) is 0.167. The lowest BCUT2D eigenvalue weighted by atomic mass is 9.88. The standard InChI is InChI=1S/C18H15NO/c20-18(10-9-13-5-1-3-7-16(13)18)15-11-14-6-2-4-8-17(14)19-12-15/h1-8,11-12,20H,9-10H2. The minimum Gasteiger partial charge on any atom is -0.380 e. The van der Waals surface area contributed by atoms with E-state index in [2.05, 4.69) is 17.1 Å². The van der Waals surface area contributed by atoms with E-state index in [1.807, 2.05) is 48.7 Å². The Morgan fingerprint density at radius 3 is 2.75 bits per heavy atom. The van der Waals surface area contributed by atoms with Gasteiger partial charge in [-0.25, -0.2) is 0 Å². The highest BCUT2D eigenvalue weighted by atomic mass is 16.3. The van der Waals surface area contributed by atoms with Crippen LogP contribution in [0, 0.1) is 0 Å². The first-order chi connectivity index (χ1) is 9.77. The van der Waals surface area contributed by atoms with Gasteiger partial charge in [-0.15, -0.1) is 0 Å². The van der Waals surface area contributed by atoms with E-state index < -0.39 is 5.60 Å². The van der Waals surface area contributed by atoms with Crippen LogP contribution in [-0.2, 0) is 12.0 Å². The number of hydrogen-bond donors (Lipinski definition) is 1. The monoisotopic (exact) mass is 261 g/mol. The Hall–Kier alpha value is -2.19. The molecule has 0 fully saturated rings. The summed E-state index contributed by atoms with van der Waals surface area (Å²) in [5.41, 5.74) is 3.22. The molecule has 1 unspecified atom stereocenters. The van der Waals surface area contributed by atoms with Gasteiger partial charge in [0.1, 0.15) is 5.60 Å². The SMILES string of the molecule is OC1(c2cnc3ccccc3c2)CCc2ccccc21. The second kappa shape index (κ2) is 4.15. The van der Waals surface area contributed by atoms with Gasteiger partial charge in [-0.2, -0.15) is 0 Å². The number of aliphatic hydroxyl groups is 1. The molecule has 2 aromatic carbocycles. The molecular formula is C18H15NO. The molecule has 1 aliphatic rings. The van der Waals surface area contributed by atoms with Crippen LogP contribution in [0.5, 0.6) is 0 Å². The Morgan fingerprint density at radius 1 is 1.00 bits per heavy atom. The molecule has 0 bridgehead atoms. The summed E-state index contributed by atoms with van der Waals surface area (Å²) < 4.78 is 0. The third-order valence-corrected chi connectivity index (χ3v) is 4.29. The molecule has 0 saturated heterocycles. The van der Waals surface area contributed by atoms with Crippen molar-refractivity contribution in [2.24, 2.45) is 0 Å². The normalized spacial score (nSPS) is 21.1. The molecule has 4 rings (SSSR count). The smallest absolute Gasteiger partial charge is 0.117 e. The zero-order chi connectivity index (χ0) is 13.6. The molecule has 0 aliphatic heterocycles. The first-order valence-electron chi connectivity index (χ1n) is 6.93. The van der Waals surface area contributed by atoms with Crippen LogP contribution < -0.4 is 0 Å². The van der Waals surface area contributed by atoms with E-state index >= 15 is 0 Å². The van der Waals surface area contributed by atoms with E-state index in [1.165, 1.54) is 5.56 Å². The molecule has 3 aromatic rings. The molecule has 1 atom stereocenters. The maximum atomic E-state index is 11.1. The number of nitrogens with zero attached hydrogens (tertiary/aromatic N) is 1. The van der Waals surface area contributed by atoms with Crippen LogP contribution in [0.3, 0.4) is 0 Å². The van der Waals surface area contributed by atoms with Crippen LogP contribution in [0.4, 0.5) is 0 Å². The van der Waals surface area contributed by atoms with Gasteiger partial charge in [0.05, 0.1) is 5.52 Å². The van der Waals surface area contributed by atoms with Gasteiger partial charge in [-0.1, -0.05) is 42.5 Å². The summed E-state index contributed by atoms with van der Waals surface area (Å²) in [6.07, 6.45) is 3.45. The van der Waals surface area contributed by atoms with Crippen molar-refractivity contribution in [1.29, 1.82) is 0 Å². The van der Waals surface area contributed by atoms with Gasteiger partial charge in [0.2, 0.25) is 0 Å². The molecule has 1 heterocycles. The predicted octanol–water partition coefficient (Wildman–Crippen LogP) is 3.42. The number of pyridine rings is 1. The van der Waals surface area contributed by atoms with Crippen LogP contribution in [-0.4, -0.2) is 10.1 Å². The summed E-state index contributed by atoms with van der Waals surface area (Å²) in [6.45, 7) is 0. The van der Waals surface area contributed by atoms with Gasteiger partial charge in [-0.3, -0.25) is 4.98 Å². The highest BCUT2D eigenvalue weighted by Crippen LogP contribution is 2.42. The second-order valence-electron chi connectivity index (χ2n) is 5.43. The topological polar surface area (TPSA) is 33.1 Å². The Kier molecular flexibility index (Phi) is 2.41. The highest BCUT2D eigenvalue weighted by molar-refractivity contribution is 5.79. The summed E-state index contributed by atoms with van der Waals surface area (Å²) in [4.78, 5) is 4.48. The van der Waals surface area contributed by atoms with Crippen molar-refractivity contribution < 1.29 is 5.11 Å². The predicted molar refractivity (Wildman–Crippen MR) is 79.5 cm³/mol. The zero-order valence-electron chi connectivity index (χ0n) is 11.1. The van der Waals surface area contributed by atoms with Gasteiger partial charge in [0.15, 0.2) is 0 Å². The number of para-hydroxylation sites is 1. The maximum absolute atomic E-state index is 11.1. The van der Waals surface area contributed by atoms with Crippen LogP contribution in [0.15, 0.2) is 60.8 Å². The number of hydrogen-bond acceptors (Lipinski definition) is 2. The van der Waals surface area contributed by atoms with Crippen molar-refractivity contribution in [3.05, 3.63) is 77.5 Å². The van der Waals surface area contributed by atoms with Crippen LogP contribution in [0.25, 0.3) is 10.9 Å². The molecule has 2 nitrogen and oxygen atoms in total. The van der Waals surface area contributed by atoms with Crippen molar-refractivity contribution in [1.82, 2.24) is 4.98 Å². The van der Waals surface area contributed by atoms with E-state index in [4.69, 9.17) is 0 Å². The molecule has 1 aliphatic carbocycles. The first kappa shape index (κ1) is 11.6. The number of aryl methyl sites for hydroxylation is 1. The Morgan fingerprint density at radius 2 is 1.80 bits per heavy atom. The van der Waals surface area contributed by atoms with E-state index in [9.17, 15) is 5.11 Å². The minimum absolute atomic E-state index is 0.729. The van der Waals surface area contributed by atoms with Gasteiger partial charge in [-0.05, 0) is 36.1 Å². The molecule has 0 amide bonds. The summed E-state index contributed by atoms with van der Waals surface area (Å²) in [7, 11) is 0. The Bertz CT molecular complexity index is 796. The van der Waals surface area contributed by atoms with E-state index in [0.29, 0.717) is 0 Å². The zero-order valence-corrected chi connectivity index (χ0v) is 11.1. The third kappa shape index (κ3) is 1.58. The van der Waals surface area contributed by atoms with Gasteiger partial charge < -0.3 is 5.11 Å². The summed E-state index contributed by atoms with van der Waals surface area (Å²) in [5, 5.41) is 12.2. The molecule has 1 aromatic heterocycles. The summed E-state index contributed by atoms with van der Waals surface area (Å²) in [6, 6.07) is 18.2. The fourth-order valence-corrected chi connectivity index (χ4v) is 3.19. The highest BCUT2D eigenvalue weighted by Gasteiger charge is 2.38. The van der Waals surface area contributed by atoms with E-state index in [-0.39, 0.29) is 0 Å². The lowest BCUT2D eigenvalue weighted by molar-refractivity contribution is 0.0827. The van der Waals surface area contributed by atoms with Gasteiger partial charge in [0, 0.05) is 17.1 Å². The minimum atomic E-state index is -0.895. The lowest BCUT2D eigenvalue weighted by Gasteiger charge is -2.24. The lowest BCUT2D eigenvalue weighted by Crippen LogP contribution is -2.24. The largest absolute Gasteiger partial charge is 0.380 e. The van der Waals surface area contributed by atoms with E-state index in [1.54, 1.807) is 0 Å². The van der Waals surface area contributed by atoms with Crippen molar-refractivity contribution >= 4 is 10.9 Å². The molecule has 2 heteroatoms. The van der Waals surface area contributed by atoms with Crippen LogP contribution in [0.1, 0.15) is 23.1 Å². The average molecular weight is 261 g/mol. The maximum Gasteiger partial charge on any atom is 0.117 e. The van der Waals surface area contributed by atoms with Crippen LogP contribution in [0.2, 0.25) is 0 Å². The van der Waals surface area contributed by atoms with Gasteiger partial charge >= 0.3 is 0 Å². The van der Waals surface area contributed by atoms with Crippen molar-refractivity contribution in [2.45, 2.75) is 18.4 Å². The molecule has 0 radical (unpaired) electrons. The molecular weight excluding hydrogens is 246 g/mol. The van der Waals surface area contributed by atoms with Crippen molar-refractivity contribution in [3.8, 4) is 0 Å². The third-order valence-electron chi connectivity index (χ3n) is 4.29. The Balaban J connectivity index is 1.91. The second-order valence-corrected chi connectivity index (χ2v) is 5.43. The summed E-state index contributed by atoms with van der Waals surface area (Å²) in [5.74, 6) is 0. The molecule has 98 valence electrons. The number of benzene rings is 2. The average Bonchev–Trinajstić information content (AvgIpc) is 2.86. The quantitative estimate of drug-likeness (QED) is 0.728. The molecule has 0 spiro atoms. The fourth-order valence-electron chi connectivity index (χ4n) is 3.19. The number of rotatable bonds is 1. The first-order valence-corrected chi connectivity index (χ1v) is 6.93. The van der Waals surface area contributed by atoms with Gasteiger partial charge in [0.25, 0.3) is 0 Å². The van der Waals surface area contributed by atoms with E-state index in [0.717, 1.165) is 34.9 Å². The van der Waals surface area contributed by atoms with Crippen LogP contribution >= 0.6 is 0 Å². The molecule has 0 saturated carbocycles. The molecule has 1 N–H and O–H groups in total. The number of aromatic nitrogens is 1. The Labute approximate surface area is 117 Å². The number of fused-ring (bicyclic) bond motifs is 2. The van der Waals surface area contributed by atoms with Crippen molar-refractivity contribution in [3.63, 3.8) is 0 Å². The molecule has 20 heavy (non-hydrogen) atoms.